The van der Waals surface area contributed by atoms with E-state index in [1.54, 1.807) is 50.4 Å². The number of amides is 1. The number of anilines is 1. The number of para-hydroxylation sites is 1. The first-order valence-electron chi connectivity index (χ1n) is 10.0. The molecule has 1 amide bonds. The molecule has 0 saturated carbocycles. The van der Waals surface area contributed by atoms with Crippen molar-refractivity contribution in [3.8, 4) is 0 Å². The van der Waals surface area contributed by atoms with E-state index in [9.17, 15) is 14.4 Å². The van der Waals surface area contributed by atoms with Crippen LogP contribution < -0.4 is 5.32 Å². The van der Waals surface area contributed by atoms with Crippen molar-refractivity contribution in [3.05, 3.63) is 78.0 Å². The zero-order valence-electron chi connectivity index (χ0n) is 17.7. The number of ether oxygens (including phenoxy) is 1. The van der Waals surface area contributed by atoms with E-state index in [0.717, 1.165) is 16.5 Å². The number of hydrogen-bond donors (Lipinski definition) is 1. The number of aromatic nitrogens is 1. The number of carbonyl (C=O) groups is 3. The van der Waals surface area contributed by atoms with Crippen LogP contribution in [0.3, 0.4) is 0 Å². The number of pyridine rings is 1. The lowest BCUT2D eigenvalue weighted by atomic mass is 10.1. The summed E-state index contributed by atoms with van der Waals surface area (Å²) in [6.07, 6.45) is 3.66. The van der Waals surface area contributed by atoms with Gasteiger partial charge in [-0.15, -0.1) is 0 Å². The van der Waals surface area contributed by atoms with Crippen LogP contribution in [0.1, 0.15) is 36.7 Å². The monoisotopic (exact) mass is 416 g/mol. The molecule has 2 aromatic carbocycles. The molecule has 31 heavy (non-hydrogen) atoms. The van der Waals surface area contributed by atoms with Crippen LogP contribution in [-0.4, -0.2) is 28.7 Å². The van der Waals surface area contributed by atoms with Gasteiger partial charge in [0.15, 0.2) is 6.10 Å². The standard InChI is InChI=1S/C25H24N2O4/c1-16(2)25(30)27-21-12-9-20(10-13-21)24(29)17(3)31-22(28)14-11-19-7-4-6-18-8-5-15-26-23(18)19/h4-17H,1-3H3,(H,27,30)/b14-11+. The van der Waals surface area contributed by atoms with Crippen LogP contribution in [0.5, 0.6) is 0 Å². The molecule has 0 fully saturated rings. The van der Waals surface area contributed by atoms with Crippen LogP contribution in [0.25, 0.3) is 17.0 Å². The molecule has 0 spiro atoms. The molecule has 1 unspecified atom stereocenters. The smallest absolute Gasteiger partial charge is 0.331 e. The molecule has 0 aliphatic heterocycles. The van der Waals surface area contributed by atoms with E-state index in [4.69, 9.17) is 4.74 Å². The van der Waals surface area contributed by atoms with Gasteiger partial charge < -0.3 is 10.1 Å². The highest BCUT2D eigenvalue weighted by molar-refractivity contribution is 6.02. The fourth-order valence-electron chi connectivity index (χ4n) is 2.93. The number of nitrogens with zero attached hydrogens (tertiary/aromatic N) is 1. The lowest BCUT2D eigenvalue weighted by Gasteiger charge is -2.12. The second-order valence-electron chi connectivity index (χ2n) is 7.42. The third-order valence-corrected chi connectivity index (χ3v) is 4.69. The summed E-state index contributed by atoms with van der Waals surface area (Å²) >= 11 is 0. The number of esters is 1. The number of benzene rings is 2. The van der Waals surface area contributed by atoms with Gasteiger partial charge in [0.1, 0.15) is 0 Å². The first kappa shape index (κ1) is 21.9. The number of carbonyl (C=O) groups excluding carboxylic acids is 3. The average Bonchev–Trinajstić information content (AvgIpc) is 2.77. The van der Waals surface area contributed by atoms with Gasteiger partial charge in [-0.25, -0.2) is 4.79 Å². The highest BCUT2D eigenvalue weighted by Gasteiger charge is 2.19. The molecule has 1 N–H and O–H groups in total. The molecule has 0 saturated heterocycles. The predicted octanol–water partition coefficient (Wildman–Crippen LogP) is 4.66. The Bertz CT molecular complexity index is 1130. The Balaban J connectivity index is 1.62. The van der Waals surface area contributed by atoms with Crippen molar-refractivity contribution in [2.75, 3.05) is 5.32 Å². The van der Waals surface area contributed by atoms with Crippen molar-refractivity contribution in [3.63, 3.8) is 0 Å². The average molecular weight is 416 g/mol. The number of ketones is 1. The molecule has 0 bridgehead atoms. The zero-order chi connectivity index (χ0) is 22.4. The predicted molar refractivity (Wildman–Crippen MR) is 121 cm³/mol. The molecule has 1 atom stereocenters. The van der Waals surface area contributed by atoms with Gasteiger partial charge >= 0.3 is 5.97 Å². The maximum Gasteiger partial charge on any atom is 0.331 e. The van der Waals surface area contributed by atoms with Crippen molar-refractivity contribution in [1.29, 1.82) is 0 Å². The van der Waals surface area contributed by atoms with Crippen molar-refractivity contribution >= 4 is 40.3 Å². The largest absolute Gasteiger partial charge is 0.451 e. The Labute approximate surface area is 180 Å². The topological polar surface area (TPSA) is 85.4 Å². The summed E-state index contributed by atoms with van der Waals surface area (Å²) in [4.78, 5) is 40.9. The summed E-state index contributed by atoms with van der Waals surface area (Å²) in [5, 5.41) is 3.73. The van der Waals surface area contributed by atoms with E-state index >= 15 is 0 Å². The molecule has 6 nitrogen and oxygen atoms in total. The summed E-state index contributed by atoms with van der Waals surface area (Å²) in [6.45, 7) is 5.13. The third kappa shape index (κ3) is 5.63. The van der Waals surface area contributed by atoms with Crippen LogP contribution in [0, 0.1) is 5.92 Å². The van der Waals surface area contributed by atoms with Crippen molar-refractivity contribution in [2.45, 2.75) is 26.9 Å². The number of hydrogen-bond acceptors (Lipinski definition) is 5. The summed E-state index contributed by atoms with van der Waals surface area (Å²) in [5.41, 5.74) is 2.56. The molecule has 0 aliphatic rings. The van der Waals surface area contributed by atoms with Crippen LogP contribution >= 0.6 is 0 Å². The minimum absolute atomic E-state index is 0.102. The Morgan fingerprint density at radius 3 is 2.39 bits per heavy atom. The van der Waals surface area contributed by atoms with Gasteiger partial charge in [-0.05, 0) is 43.3 Å². The minimum atomic E-state index is -0.945. The maximum absolute atomic E-state index is 12.6. The minimum Gasteiger partial charge on any atom is -0.451 e. The van der Waals surface area contributed by atoms with Crippen molar-refractivity contribution in [2.24, 2.45) is 5.92 Å². The fourth-order valence-corrected chi connectivity index (χ4v) is 2.93. The highest BCUT2D eigenvalue weighted by atomic mass is 16.5. The molecule has 158 valence electrons. The quantitative estimate of drug-likeness (QED) is 0.344. The fraction of sp³-hybridized carbons (Fsp3) is 0.200. The molecular formula is C25H24N2O4. The number of nitrogens with one attached hydrogen (secondary N) is 1. The second kappa shape index (κ2) is 9.80. The molecule has 0 aliphatic carbocycles. The van der Waals surface area contributed by atoms with E-state index < -0.39 is 12.1 Å². The van der Waals surface area contributed by atoms with Gasteiger partial charge in [0.05, 0.1) is 5.52 Å². The van der Waals surface area contributed by atoms with Crippen molar-refractivity contribution < 1.29 is 19.1 Å². The van der Waals surface area contributed by atoms with E-state index in [1.807, 2.05) is 30.3 Å². The second-order valence-corrected chi connectivity index (χ2v) is 7.42. The van der Waals surface area contributed by atoms with Gasteiger partial charge in [0.2, 0.25) is 11.7 Å². The van der Waals surface area contributed by atoms with E-state index in [1.165, 1.54) is 13.0 Å². The van der Waals surface area contributed by atoms with Crippen LogP contribution in [0.15, 0.2) is 66.9 Å². The van der Waals surface area contributed by atoms with Crippen molar-refractivity contribution in [1.82, 2.24) is 4.98 Å². The Kier molecular flexibility index (Phi) is 6.92. The van der Waals surface area contributed by atoms with E-state index in [-0.39, 0.29) is 17.6 Å². The zero-order valence-corrected chi connectivity index (χ0v) is 17.7. The molecule has 3 aromatic rings. The molecular weight excluding hydrogens is 392 g/mol. The third-order valence-electron chi connectivity index (χ3n) is 4.69. The van der Waals surface area contributed by atoms with E-state index in [0.29, 0.717) is 11.3 Å². The number of rotatable bonds is 7. The molecule has 1 heterocycles. The lowest BCUT2D eigenvalue weighted by molar-refractivity contribution is -0.140. The lowest BCUT2D eigenvalue weighted by Crippen LogP contribution is -2.23. The molecule has 3 rings (SSSR count). The molecule has 0 radical (unpaired) electrons. The van der Waals surface area contributed by atoms with Crippen LogP contribution in [0.2, 0.25) is 0 Å². The van der Waals surface area contributed by atoms with Gasteiger partial charge in [0, 0.05) is 40.4 Å². The first-order chi connectivity index (χ1) is 14.8. The summed E-state index contributed by atoms with van der Waals surface area (Å²) in [5.74, 6) is -1.18. The Hall–Kier alpha value is -3.80. The Morgan fingerprint density at radius 1 is 0.968 bits per heavy atom. The summed E-state index contributed by atoms with van der Waals surface area (Å²) < 4.78 is 5.26. The summed E-state index contributed by atoms with van der Waals surface area (Å²) in [7, 11) is 0. The summed E-state index contributed by atoms with van der Waals surface area (Å²) in [6, 6.07) is 16.0. The van der Waals surface area contributed by atoms with Crippen LogP contribution in [0.4, 0.5) is 5.69 Å². The van der Waals surface area contributed by atoms with Gasteiger partial charge in [-0.1, -0.05) is 38.1 Å². The van der Waals surface area contributed by atoms with Gasteiger partial charge in [-0.2, -0.15) is 0 Å². The maximum atomic E-state index is 12.6. The first-order valence-corrected chi connectivity index (χ1v) is 10.0. The SMILES string of the molecule is CC(C)C(=O)Nc1ccc(C(=O)C(C)OC(=O)/C=C/c2cccc3cccnc23)cc1. The molecule has 6 heteroatoms. The number of Topliss-reactive ketones (excluding diaryl/α,β-unsaturated/α-hetero) is 1. The van der Waals surface area contributed by atoms with Crippen LogP contribution in [-0.2, 0) is 14.3 Å². The van der Waals surface area contributed by atoms with E-state index in [2.05, 4.69) is 10.3 Å². The van der Waals surface area contributed by atoms with Gasteiger partial charge in [-0.3, -0.25) is 14.6 Å². The molecule has 1 aromatic heterocycles. The van der Waals surface area contributed by atoms with Gasteiger partial charge in [0.25, 0.3) is 0 Å². The Morgan fingerprint density at radius 2 is 1.68 bits per heavy atom. The normalized spacial score (nSPS) is 12.1. The highest BCUT2D eigenvalue weighted by Crippen LogP contribution is 2.18. The number of fused-ring (bicyclic) bond motifs is 1.